The predicted octanol–water partition coefficient (Wildman–Crippen LogP) is 4.32. The second-order valence-electron chi connectivity index (χ2n) is 8.58. The van der Waals surface area contributed by atoms with E-state index in [0.29, 0.717) is 36.2 Å². The monoisotopic (exact) mass is 469 g/mol. The number of aromatic nitrogens is 5. The summed E-state index contributed by atoms with van der Waals surface area (Å²) in [6.07, 6.45) is 1.64. The fraction of sp³-hybridized carbons (Fsp3) is 0.348. The maximum Gasteiger partial charge on any atom is 0.326 e. The molecule has 0 amide bonds. The summed E-state index contributed by atoms with van der Waals surface area (Å²) >= 11 is 0. The number of hydrogen-bond donors (Lipinski definition) is 4. The van der Waals surface area contributed by atoms with Gasteiger partial charge >= 0.3 is 6.01 Å². The fourth-order valence-corrected chi connectivity index (χ4v) is 4.15. The van der Waals surface area contributed by atoms with Crippen LogP contribution < -0.4 is 15.0 Å². The van der Waals surface area contributed by atoms with Gasteiger partial charge in [-0.25, -0.2) is 8.78 Å². The van der Waals surface area contributed by atoms with E-state index in [-0.39, 0.29) is 35.2 Å². The lowest BCUT2D eigenvalue weighted by Gasteiger charge is -2.32. The molecular weight excluding hydrogens is 444 g/mol. The molecule has 0 unspecified atom stereocenters. The van der Waals surface area contributed by atoms with Gasteiger partial charge in [-0.3, -0.25) is 5.10 Å². The summed E-state index contributed by atoms with van der Waals surface area (Å²) in [6.45, 7) is 5.14. The SMILES string of the molecule is Cc1cc(Nc2cc(N3CCC(CO)CC3)nc(Oc3cc(F)c4[nH]c(C)cc4c3F)n2)n[nH]1. The number of aromatic amines is 2. The van der Waals surface area contributed by atoms with Gasteiger partial charge in [0.15, 0.2) is 23.2 Å². The number of aryl methyl sites for hydroxylation is 2. The van der Waals surface area contributed by atoms with Crippen LogP contribution in [0.2, 0.25) is 0 Å². The van der Waals surface area contributed by atoms with E-state index in [1.165, 1.54) is 6.07 Å². The molecule has 1 aliphatic rings. The first kappa shape index (κ1) is 22.1. The number of aliphatic hydroxyl groups excluding tert-OH is 1. The normalized spacial score (nSPS) is 14.7. The van der Waals surface area contributed by atoms with Crippen LogP contribution in [0, 0.1) is 31.4 Å². The number of ether oxygens (including phenoxy) is 1. The van der Waals surface area contributed by atoms with Gasteiger partial charge in [0.05, 0.1) is 5.52 Å². The molecule has 1 aromatic carbocycles. The number of halogens is 2. The number of H-pyrrole nitrogens is 2. The first-order valence-electron chi connectivity index (χ1n) is 11.1. The first-order chi connectivity index (χ1) is 16.4. The molecule has 4 N–H and O–H groups in total. The second-order valence-corrected chi connectivity index (χ2v) is 8.58. The van der Waals surface area contributed by atoms with Crippen molar-refractivity contribution in [2.24, 2.45) is 5.92 Å². The average Bonchev–Trinajstić information content (AvgIpc) is 3.42. The molecule has 34 heavy (non-hydrogen) atoms. The molecule has 1 aliphatic heterocycles. The Hall–Kier alpha value is -3.73. The van der Waals surface area contributed by atoms with Gasteiger partial charge < -0.3 is 25.0 Å². The molecular formula is C23H25F2N7O2. The maximum atomic E-state index is 15.1. The fourth-order valence-electron chi connectivity index (χ4n) is 4.15. The number of aliphatic hydroxyl groups is 1. The largest absolute Gasteiger partial charge is 0.421 e. The first-order valence-corrected chi connectivity index (χ1v) is 11.1. The summed E-state index contributed by atoms with van der Waals surface area (Å²) in [7, 11) is 0. The standard InChI is InChI=1S/C23H25F2N7O2/c1-12-7-15-21(25)17(9-16(24)22(15)26-12)34-23-28-18(27-19-8-13(2)30-31-19)10-20(29-23)32-5-3-14(11-33)4-6-32/h7-10,14,26,33H,3-6,11H2,1-2H3,(H2,27,28,29,30,31). The van der Waals surface area contributed by atoms with Crippen LogP contribution in [-0.4, -0.2) is 50.0 Å². The molecule has 4 aromatic rings. The molecule has 0 bridgehead atoms. The van der Waals surface area contributed by atoms with Crippen LogP contribution in [0.25, 0.3) is 10.9 Å². The van der Waals surface area contributed by atoms with Crippen molar-refractivity contribution in [1.82, 2.24) is 25.1 Å². The van der Waals surface area contributed by atoms with Gasteiger partial charge in [0, 0.05) is 54.7 Å². The van der Waals surface area contributed by atoms with E-state index >= 15 is 4.39 Å². The summed E-state index contributed by atoms with van der Waals surface area (Å²) in [5, 5.41) is 19.6. The van der Waals surface area contributed by atoms with Crippen molar-refractivity contribution in [3.63, 3.8) is 0 Å². The van der Waals surface area contributed by atoms with Crippen LogP contribution in [0.15, 0.2) is 24.3 Å². The summed E-state index contributed by atoms with van der Waals surface area (Å²) < 4.78 is 35.4. The predicted molar refractivity (Wildman–Crippen MR) is 124 cm³/mol. The lowest BCUT2D eigenvalue weighted by atomic mass is 9.98. The zero-order valence-corrected chi connectivity index (χ0v) is 18.8. The van der Waals surface area contributed by atoms with Crippen LogP contribution in [0.4, 0.5) is 26.2 Å². The Bertz CT molecular complexity index is 1330. The van der Waals surface area contributed by atoms with Crippen LogP contribution in [0.1, 0.15) is 24.2 Å². The summed E-state index contributed by atoms with van der Waals surface area (Å²) in [4.78, 5) is 13.7. The molecule has 0 radical (unpaired) electrons. The van der Waals surface area contributed by atoms with E-state index < -0.39 is 11.6 Å². The van der Waals surface area contributed by atoms with Gasteiger partial charge in [-0.1, -0.05) is 0 Å². The lowest BCUT2D eigenvalue weighted by Crippen LogP contribution is -2.35. The van der Waals surface area contributed by atoms with Gasteiger partial charge in [-0.15, -0.1) is 0 Å². The number of nitrogens with zero attached hydrogens (tertiary/aromatic N) is 4. The molecule has 9 nitrogen and oxygen atoms in total. The average molecular weight is 469 g/mol. The molecule has 0 aliphatic carbocycles. The maximum absolute atomic E-state index is 15.1. The highest BCUT2D eigenvalue weighted by molar-refractivity contribution is 5.83. The van der Waals surface area contributed by atoms with E-state index in [4.69, 9.17) is 4.74 Å². The summed E-state index contributed by atoms with van der Waals surface area (Å²) in [5.41, 5.74) is 1.59. The van der Waals surface area contributed by atoms with E-state index in [9.17, 15) is 9.50 Å². The number of nitrogens with one attached hydrogen (secondary N) is 3. The Morgan fingerprint density at radius 1 is 1.09 bits per heavy atom. The van der Waals surface area contributed by atoms with Crippen molar-refractivity contribution in [3.05, 3.63) is 47.3 Å². The van der Waals surface area contributed by atoms with Crippen LogP contribution in [0.5, 0.6) is 11.8 Å². The number of anilines is 3. The molecule has 0 saturated carbocycles. The number of fused-ring (bicyclic) bond motifs is 1. The third-order valence-electron chi connectivity index (χ3n) is 5.95. The minimum atomic E-state index is -0.698. The second kappa shape index (κ2) is 8.90. The Morgan fingerprint density at radius 2 is 1.88 bits per heavy atom. The highest BCUT2D eigenvalue weighted by Gasteiger charge is 2.22. The minimum Gasteiger partial charge on any atom is -0.421 e. The Morgan fingerprint density at radius 3 is 2.59 bits per heavy atom. The third kappa shape index (κ3) is 4.38. The topological polar surface area (TPSA) is 115 Å². The Labute approximate surface area is 194 Å². The van der Waals surface area contributed by atoms with Crippen molar-refractivity contribution in [3.8, 4) is 11.8 Å². The molecule has 3 aromatic heterocycles. The minimum absolute atomic E-state index is 0.0834. The summed E-state index contributed by atoms with van der Waals surface area (Å²) in [5.74, 6) is 0.149. The zero-order chi connectivity index (χ0) is 23.8. The Balaban J connectivity index is 1.50. The van der Waals surface area contributed by atoms with Crippen molar-refractivity contribution >= 4 is 28.4 Å². The van der Waals surface area contributed by atoms with Crippen molar-refractivity contribution in [2.45, 2.75) is 26.7 Å². The molecule has 4 heterocycles. The van der Waals surface area contributed by atoms with Gasteiger partial charge in [-0.05, 0) is 38.7 Å². The smallest absolute Gasteiger partial charge is 0.326 e. The number of hydrogen-bond acceptors (Lipinski definition) is 7. The number of piperidine rings is 1. The van der Waals surface area contributed by atoms with Crippen molar-refractivity contribution in [1.29, 1.82) is 0 Å². The van der Waals surface area contributed by atoms with Crippen molar-refractivity contribution in [2.75, 3.05) is 29.9 Å². The van der Waals surface area contributed by atoms with E-state index in [1.54, 1.807) is 13.0 Å². The molecule has 1 fully saturated rings. The quantitative estimate of drug-likeness (QED) is 0.332. The van der Waals surface area contributed by atoms with E-state index in [2.05, 4.69) is 35.4 Å². The van der Waals surface area contributed by atoms with E-state index in [1.807, 2.05) is 13.0 Å². The molecule has 1 saturated heterocycles. The van der Waals surface area contributed by atoms with Crippen molar-refractivity contribution < 1.29 is 18.6 Å². The van der Waals surface area contributed by atoms with Crippen LogP contribution in [-0.2, 0) is 0 Å². The van der Waals surface area contributed by atoms with Crippen LogP contribution in [0.3, 0.4) is 0 Å². The third-order valence-corrected chi connectivity index (χ3v) is 5.95. The Kier molecular flexibility index (Phi) is 5.78. The van der Waals surface area contributed by atoms with Gasteiger partial charge in [-0.2, -0.15) is 15.1 Å². The zero-order valence-electron chi connectivity index (χ0n) is 18.8. The van der Waals surface area contributed by atoms with E-state index in [0.717, 1.165) is 24.6 Å². The molecule has 5 rings (SSSR count). The number of benzene rings is 1. The highest BCUT2D eigenvalue weighted by Crippen LogP contribution is 2.33. The van der Waals surface area contributed by atoms with Gasteiger partial charge in [0.1, 0.15) is 11.6 Å². The lowest BCUT2D eigenvalue weighted by molar-refractivity contribution is 0.202. The van der Waals surface area contributed by atoms with Gasteiger partial charge in [0.25, 0.3) is 0 Å². The summed E-state index contributed by atoms with van der Waals surface area (Å²) in [6, 6.07) is 5.95. The molecule has 11 heteroatoms. The van der Waals surface area contributed by atoms with Gasteiger partial charge in [0.2, 0.25) is 0 Å². The molecule has 178 valence electrons. The molecule has 0 spiro atoms. The highest BCUT2D eigenvalue weighted by atomic mass is 19.1. The van der Waals surface area contributed by atoms with Crippen LogP contribution >= 0.6 is 0 Å². The molecule has 0 atom stereocenters. The number of rotatable bonds is 6.